The molecule has 0 amide bonds. The van der Waals surface area contributed by atoms with E-state index in [1.165, 1.54) is 0 Å². The van der Waals surface area contributed by atoms with Gasteiger partial charge in [-0.15, -0.1) is 5.54 Å². The molecule has 2 heterocycles. The summed E-state index contributed by atoms with van der Waals surface area (Å²) < 4.78 is 0. The Bertz CT molecular complexity index is 404. The summed E-state index contributed by atoms with van der Waals surface area (Å²) in [5, 5.41) is 7.04. The first-order chi connectivity index (χ1) is 7.06. The molecule has 2 aliphatic rings. The van der Waals surface area contributed by atoms with Crippen molar-refractivity contribution in [2.24, 2.45) is 0 Å². The molecule has 2 rings (SSSR count). The molecule has 0 spiro atoms. The van der Waals surface area contributed by atoms with Crippen molar-refractivity contribution in [2.45, 2.75) is 19.6 Å². The second-order valence-corrected chi connectivity index (χ2v) is 9.28. The zero-order chi connectivity index (χ0) is 10.9. The lowest BCUT2D eigenvalue weighted by molar-refractivity contribution is 0.196. The normalized spacial score (nSPS) is 17.9. The van der Waals surface area contributed by atoms with Crippen LogP contribution in [0.4, 0.5) is 0 Å². The van der Waals surface area contributed by atoms with E-state index in [2.05, 4.69) is 36.5 Å². The highest BCUT2D eigenvalue weighted by Gasteiger charge is 2.18. The Morgan fingerprint density at radius 3 is 2.80 bits per heavy atom. The standard InChI is InChI=1S/C11H15N3Si/c1-15(2,3)10-9-13-7-4-5-11-12-6-8-14(11)13/h4-8,12H,1-3H3. The maximum atomic E-state index is 3.34. The van der Waals surface area contributed by atoms with Crippen molar-refractivity contribution in [3.63, 3.8) is 0 Å². The number of hydrogen-bond donors (Lipinski definition) is 1. The number of nitrogens with one attached hydrogen (secondary N) is 1. The van der Waals surface area contributed by atoms with E-state index in [1.807, 2.05) is 40.8 Å². The highest BCUT2D eigenvalue weighted by molar-refractivity contribution is 6.83. The van der Waals surface area contributed by atoms with E-state index in [0.29, 0.717) is 0 Å². The summed E-state index contributed by atoms with van der Waals surface area (Å²) in [5.74, 6) is 1.04. The minimum Gasteiger partial charge on any atom is -0.345 e. The van der Waals surface area contributed by atoms with Crippen molar-refractivity contribution < 1.29 is 0 Å². The van der Waals surface area contributed by atoms with Gasteiger partial charge in [0, 0.05) is 24.6 Å². The maximum Gasteiger partial charge on any atom is 0.131 e. The summed E-state index contributed by atoms with van der Waals surface area (Å²) in [6.45, 7) is 6.72. The van der Waals surface area contributed by atoms with Crippen molar-refractivity contribution in [1.29, 1.82) is 0 Å². The Kier molecular flexibility index (Phi) is 2.33. The molecular formula is C11H15N3Si. The number of allylic oxidation sites excluding steroid dienone is 2. The van der Waals surface area contributed by atoms with Crippen LogP contribution < -0.4 is 5.32 Å². The third-order valence-corrected chi connectivity index (χ3v) is 2.81. The molecule has 0 fully saturated rings. The van der Waals surface area contributed by atoms with E-state index in [-0.39, 0.29) is 0 Å². The van der Waals surface area contributed by atoms with Crippen LogP contribution in [-0.4, -0.2) is 18.1 Å². The minimum atomic E-state index is -1.31. The zero-order valence-electron chi connectivity index (χ0n) is 9.28. The smallest absolute Gasteiger partial charge is 0.131 e. The fourth-order valence-corrected chi connectivity index (χ4v) is 1.71. The lowest BCUT2D eigenvalue weighted by atomic mass is 10.4. The van der Waals surface area contributed by atoms with E-state index < -0.39 is 8.07 Å². The van der Waals surface area contributed by atoms with Crippen molar-refractivity contribution in [3.05, 3.63) is 36.6 Å². The predicted octanol–water partition coefficient (Wildman–Crippen LogP) is 1.79. The van der Waals surface area contributed by atoms with Crippen LogP contribution in [0.15, 0.2) is 36.6 Å². The first-order valence-electron chi connectivity index (χ1n) is 4.99. The Hall–Kier alpha value is -1.60. The molecule has 4 heteroatoms. The van der Waals surface area contributed by atoms with Gasteiger partial charge in [0.1, 0.15) is 13.9 Å². The number of rotatable bonds is 0. The summed E-state index contributed by atoms with van der Waals surface area (Å²) in [6, 6.07) is 3.19. The zero-order valence-corrected chi connectivity index (χ0v) is 10.3. The number of hydrogen-bond acceptors (Lipinski definition) is 3. The fourth-order valence-electron chi connectivity index (χ4n) is 1.26. The monoisotopic (exact) mass is 217 g/mol. The molecule has 2 aliphatic heterocycles. The van der Waals surface area contributed by atoms with Crippen LogP contribution in [0.1, 0.15) is 0 Å². The van der Waals surface area contributed by atoms with Gasteiger partial charge in [-0.2, -0.15) is 0 Å². The third-order valence-electron chi connectivity index (χ3n) is 1.95. The van der Waals surface area contributed by atoms with Crippen molar-refractivity contribution in [1.82, 2.24) is 15.3 Å². The number of hydrazine groups is 1. The molecule has 0 saturated carbocycles. The van der Waals surface area contributed by atoms with Crippen LogP contribution in [0, 0.1) is 11.6 Å². The van der Waals surface area contributed by atoms with Gasteiger partial charge in [0.15, 0.2) is 0 Å². The lowest BCUT2D eigenvalue weighted by Crippen LogP contribution is -2.33. The first kappa shape index (κ1) is 9.93. The number of nitrogens with zero attached hydrogens (tertiary/aromatic N) is 2. The average Bonchev–Trinajstić information content (AvgIpc) is 2.61. The van der Waals surface area contributed by atoms with Gasteiger partial charge in [0.05, 0.1) is 0 Å². The van der Waals surface area contributed by atoms with Crippen molar-refractivity contribution >= 4 is 8.07 Å². The molecule has 78 valence electrons. The van der Waals surface area contributed by atoms with Crippen LogP contribution in [0.5, 0.6) is 0 Å². The second kappa shape index (κ2) is 3.52. The predicted molar refractivity (Wildman–Crippen MR) is 64.3 cm³/mol. The second-order valence-electron chi connectivity index (χ2n) is 4.53. The van der Waals surface area contributed by atoms with Crippen LogP contribution in [0.25, 0.3) is 0 Å². The van der Waals surface area contributed by atoms with Crippen molar-refractivity contribution in [2.75, 3.05) is 0 Å². The first-order valence-corrected chi connectivity index (χ1v) is 8.49. The summed E-state index contributed by atoms with van der Waals surface area (Å²) in [4.78, 5) is 0. The van der Waals surface area contributed by atoms with Crippen molar-refractivity contribution in [3.8, 4) is 11.6 Å². The van der Waals surface area contributed by atoms with E-state index in [0.717, 1.165) is 5.82 Å². The van der Waals surface area contributed by atoms with E-state index in [9.17, 15) is 0 Å². The summed E-state index contributed by atoms with van der Waals surface area (Å²) >= 11 is 0. The van der Waals surface area contributed by atoms with Crippen LogP contribution in [0.2, 0.25) is 19.6 Å². The van der Waals surface area contributed by atoms with E-state index in [1.54, 1.807) is 0 Å². The molecule has 3 nitrogen and oxygen atoms in total. The molecule has 0 aromatic rings. The molecule has 0 radical (unpaired) electrons. The Balaban J connectivity index is 2.17. The highest BCUT2D eigenvalue weighted by Crippen LogP contribution is 2.16. The molecule has 0 aliphatic carbocycles. The van der Waals surface area contributed by atoms with Gasteiger partial charge in [-0.1, -0.05) is 19.6 Å². The molecule has 0 bridgehead atoms. The van der Waals surface area contributed by atoms with Gasteiger partial charge in [0.25, 0.3) is 0 Å². The van der Waals surface area contributed by atoms with E-state index >= 15 is 0 Å². The van der Waals surface area contributed by atoms with Crippen LogP contribution in [-0.2, 0) is 0 Å². The minimum absolute atomic E-state index is 1.04. The van der Waals surface area contributed by atoms with Crippen LogP contribution >= 0.6 is 0 Å². The summed E-state index contributed by atoms with van der Waals surface area (Å²) in [5.41, 5.74) is 3.34. The average molecular weight is 217 g/mol. The van der Waals surface area contributed by atoms with Gasteiger partial charge in [0.2, 0.25) is 0 Å². The summed E-state index contributed by atoms with van der Waals surface area (Å²) in [7, 11) is -1.31. The largest absolute Gasteiger partial charge is 0.345 e. The van der Waals surface area contributed by atoms with Gasteiger partial charge in [-0.25, -0.2) is 10.0 Å². The third kappa shape index (κ3) is 2.25. The Morgan fingerprint density at radius 1 is 1.27 bits per heavy atom. The molecule has 0 saturated heterocycles. The Morgan fingerprint density at radius 2 is 2.07 bits per heavy atom. The highest BCUT2D eigenvalue weighted by atomic mass is 28.3. The van der Waals surface area contributed by atoms with E-state index in [4.69, 9.17) is 0 Å². The fraction of sp³-hybridized carbons (Fsp3) is 0.273. The molecule has 1 N–H and O–H groups in total. The van der Waals surface area contributed by atoms with Crippen LogP contribution in [0.3, 0.4) is 0 Å². The molecule has 0 atom stereocenters. The van der Waals surface area contributed by atoms with Gasteiger partial charge < -0.3 is 5.32 Å². The van der Waals surface area contributed by atoms with Gasteiger partial charge in [-0.05, 0) is 12.2 Å². The topological polar surface area (TPSA) is 18.5 Å². The summed E-state index contributed by atoms with van der Waals surface area (Å²) in [6.07, 6.45) is 9.85. The molecule has 0 aromatic carbocycles. The SMILES string of the molecule is C[Si](C)(C)C#CN1C=CC=C2NC=CN21. The number of fused-ring (bicyclic) bond motifs is 1. The quantitative estimate of drug-likeness (QED) is 0.493. The lowest BCUT2D eigenvalue weighted by Gasteiger charge is -2.28. The maximum absolute atomic E-state index is 3.34. The molecule has 0 unspecified atom stereocenters. The molecular weight excluding hydrogens is 202 g/mol. The van der Waals surface area contributed by atoms with Gasteiger partial charge in [-0.3, -0.25) is 0 Å². The Labute approximate surface area is 91.7 Å². The molecule has 15 heavy (non-hydrogen) atoms. The van der Waals surface area contributed by atoms with Gasteiger partial charge >= 0.3 is 0 Å². The molecule has 0 aromatic heterocycles.